The first kappa shape index (κ1) is 37.2. The number of likely N-dealkylation sites (tertiary alicyclic amines) is 1. The number of anilines is 1. The van der Waals surface area contributed by atoms with E-state index in [1.165, 1.54) is 6.92 Å². The van der Waals surface area contributed by atoms with E-state index in [4.69, 9.17) is 5.11 Å². The lowest BCUT2D eigenvalue weighted by Crippen LogP contribution is -2.55. The number of aliphatic carboxylic acids is 1. The van der Waals surface area contributed by atoms with E-state index in [1.54, 1.807) is 12.1 Å². The van der Waals surface area contributed by atoms with Crippen molar-refractivity contribution in [3.05, 3.63) is 29.8 Å². The average molecular weight is 631 g/mol. The highest BCUT2D eigenvalue weighted by Crippen LogP contribution is 2.21. The van der Waals surface area contributed by atoms with Crippen molar-refractivity contribution in [2.45, 2.75) is 123 Å². The summed E-state index contributed by atoms with van der Waals surface area (Å²) >= 11 is 0. The van der Waals surface area contributed by atoms with Gasteiger partial charge in [0, 0.05) is 50.6 Å². The maximum atomic E-state index is 13.3. The quantitative estimate of drug-likeness (QED) is 0.142. The van der Waals surface area contributed by atoms with Gasteiger partial charge in [-0.1, -0.05) is 38.8 Å². The summed E-state index contributed by atoms with van der Waals surface area (Å²) in [5.41, 5.74) is 1.58. The number of benzene rings is 1. The molecule has 1 aromatic rings. The molecule has 1 unspecified atom stereocenters. The molecule has 1 saturated heterocycles. The van der Waals surface area contributed by atoms with E-state index >= 15 is 0 Å². The van der Waals surface area contributed by atoms with Crippen LogP contribution in [0.3, 0.4) is 0 Å². The second-order valence-electron chi connectivity index (χ2n) is 11.8. The summed E-state index contributed by atoms with van der Waals surface area (Å²) in [4.78, 5) is 75.7. The molecule has 45 heavy (non-hydrogen) atoms. The normalized spacial score (nSPS) is 18.2. The summed E-state index contributed by atoms with van der Waals surface area (Å²) in [5.74, 6) is -2.44. The minimum atomic E-state index is -0.986. The van der Waals surface area contributed by atoms with Gasteiger partial charge in [-0.15, -0.1) is 0 Å². The van der Waals surface area contributed by atoms with Gasteiger partial charge in [0.25, 0.3) is 0 Å². The second kappa shape index (κ2) is 18.7. The van der Waals surface area contributed by atoms with E-state index in [9.17, 15) is 28.8 Å². The van der Waals surface area contributed by atoms with Crippen LogP contribution in [0.4, 0.5) is 5.69 Å². The van der Waals surface area contributed by atoms with Crippen molar-refractivity contribution in [2.75, 3.05) is 11.9 Å². The van der Waals surface area contributed by atoms with E-state index in [0.29, 0.717) is 50.9 Å². The van der Waals surface area contributed by atoms with Crippen molar-refractivity contribution in [2.24, 2.45) is 0 Å². The molecule has 6 N–H and O–H groups in total. The predicted octanol–water partition coefficient (Wildman–Crippen LogP) is 2.05. The number of amides is 5. The average Bonchev–Trinajstić information content (AvgIpc) is 3.34. The van der Waals surface area contributed by atoms with Crippen molar-refractivity contribution in [1.29, 1.82) is 0 Å². The van der Waals surface area contributed by atoms with E-state index in [-0.39, 0.29) is 49.1 Å². The fourth-order valence-electron chi connectivity index (χ4n) is 5.45. The lowest BCUT2D eigenvalue weighted by Gasteiger charge is -2.27. The molecule has 1 aromatic carbocycles. The number of carbonyl (C=O) groups excluding carboxylic acids is 5. The fourth-order valence-corrected chi connectivity index (χ4v) is 5.45. The molecule has 250 valence electrons. The Balaban J connectivity index is 1.91. The van der Waals surface area contributed by atoms with Crippen molar-refractivity contribution < 1.29 is 33.9 Å². The number of nitrogens with zero attached hydrogens (tertiary/aromatic N) is 1. The molecule has 0 aromatic heterocycles. The minimum absolute atomic E-state index is 0.00148. The van der Waals surface area contributed by atoms with Crippen LogP contribution in [0, 0.1) is 0 Å². The summed E-state index contributed by atoms with van der Waals surface area (Å²) in [6.45, 7) is 9.90. The number of nitrogens with one attached hydrogen (secondary N) is 5. The van der Waals surface area contributed by atoms with Gasteiger partial charge in [0.05, 0.1) is 6.04 Å². The third kappa shape index (κ3) is 12.9. The molecule has 5 atom stereocenters. The summed E-state index contributed by atoms with van der Waals surface area (Å²) in [6.07, 6.45) is 2.77. The van der Waals surface area contributed by atoms with Crippen LogP contribution in [-0.4, -0.2) is 82.3 Å². The van der Waals surface area contributed by atoms with Gasteiger partial charge in [0.1, 0.15) is 12.1 Å². The lowest BCUT2D eigenvalue weighted by atomic mass is 10.1. The molecule has 0 bridgehead atoms. The number of carboxylic acids is 1. The Labute approximate surface area is 265 Å². The molecule has 0 radical (unpaired) electrons. The molecule has 5 amide bonds. The third-order valence-electron chi connectivity index (χ3n) is 7.82. The Kier molecular flexibility index (Phi) is 15.5. The molecule has 1 heterocycles. The standard InChI is InChI=1S/C32H50N6O7/c1-6-9-26(36-28(40)11-8-12-29(41)42)32(45)37-27(10-7-2)31(44)35-25-17-20(3)38(19-25)21(4)30(43)33-18-23-13-15-24(16-14-23)34-22(5)39/h13-16,20-21,25-27H,6-12,17-19H2,1-5H3,(H,33,43)(H,34,39)(H,35,44)(H,36,40)(H,37,45)(H,41,42)/t20?,21-,25-,26-,27-/m0/s1. The fraction of sp³-hybridized carbons (Fsp3) is 0.625. The van der Waals surface area contributed by atoms with Crippen LogP contribution in [0.2, 0.25) is 0 Å². The summed E-state index contributed by atoms with van der Waals surface area (Å²) in [7, 11) is 0. The van der Waals surface area contributed by atoms with E-state index in [2.05, 4.69) is 26.6 Å². The van der Waals surface area contributed by atoms with Crippen LogP contribution >= 0.6 is 0 Å². The number of rotatable bonds is 18. The van der Waals surface area contributed by atoms with Crippen molar-refractivity contribution in [1.82, 2.24) is 26.2 Å². The van der Waals surface area contributed by atoms with Crippen LogP contribution in [0.15, 0.2) is 24.3 Å². The van der Waals surface area contributed by atoms with Crippen LogP contribution in [0.25, 0.3) is 0 Å². The maximum Gasteiger partial charge on any atom is 0.303 e. The molecule has 0 aliphatic carbocycles. The summed E-state index contributed by atoms with van der Waals surface area (Å²) < 4.78 is 0. The van der Waals surface area contributed by atoms with Crippen LogP contribution in [0.5, 0.6) is 0 Å². The number of carbonyl (C=O) groups is 6. The molecule has 13 nitrogen and oxygen atoms in total. The monoisotopic (exact) mass is 630 g/mol. The van der Waals surface area contributed by atoms with Crippen molar-refractivity contribution >= 4 is 41.2 Å². The lowest BCUT2D eigenvalue weighted by molar-refractivity contribution is -0.137. The molecule has 0 spiro atoms. The Morgan fingerprint density at radius 3 is 2.11 bits per heavy atom. The Hall–Kier alpha value is -4.00. The van der Waals surface area contributed by atoms with Gasteiger partial charge >= 0.3 is 5.97 Å². The highest BCUT2D eigenvalue weighted by Gasteiger charge is 2.36. The molecule has 1 fully saturated rings. The molecule has 2 rings (SSSR count). The van der Waals surface area contributed by atoms with Gasteiger partial charge in [-0.3, -0.25) is 33.7 Å². The first-order valence-corrected chi connectivity index (χ1v) is 15.9. The van der Waals surface area contributed by atoms with Crippen LogP contribution in [-0.2, 0) is 35.3 Å². The first-order chi connectivity index (χ1) is 21.3. The number of hydrogen-bond acceptors (Lipinski definition) is 7. The smallest absolute Gasteiger partial charge is 0.303 e. The highest BCUT2D eigenvalue weighted by atomic mass is 16.4. The molecule has 13 heteroatoms. The first-order valence-electron chi connectivity index (χ1n) is 15.9. The van der Waals surface area contributed by atoms with Gasteiger partial charge < -0.3 is 31.7 Å². The van der Waals surface area contributed by atoms with Crippen molar-refractivity contribution in [3.63, 3.8) is 0 Å². The van der Waals surface area contributed by atoms with Crippen molar-refractivity contribution in [3.8, 4) is 0 Å². The Bertz CT molecular complexity index is 1180. The summed E-state index contributed by atoms with van der Waals surface area (Å²) in [5, 5.41) is 23.0. The van der Waals surface area contributed by atoms with Crippen LogP contribution < -0.4 is 26.6 Å². The highest BCUT2D eigenvalue weighted by molar-refractivity contribution is 5.92. The van der Waals surface area contributed by atoms with Gasteiger partial charge in [0.2, 0.25) is 29.5 Å². The maximum absolute atomic E-state index is 13.3. The van der Waals surface area contributed by atoms with E-state index in [0.717, 1.165) is 5.56 Å². The Morgan fingerprint density at radius 1 is 0.911 bits per heavy atom. The van der Waals surface area contributed by atoms with Gasteiger partial charge in [-0.05, 0) is 57.2 Å². The predicted molar refractivity (Wildman–Crippen MR) is 170 cm³/mol. The molecule has 1 aliphatic heterocycles. The summed E-state index contributed by atoms with van der Waals surface area (Å²) in [6, 6.07) is 5.03. The Morgan fingerprint density at radius 2 is 1.53 bits per heavy atom. The third-order valence-corrected chi connectivity index (χ3v) is 7.82. The van der Waals surface area contributed by atoms with Crippen LogP contribution in [0.1, 0.15) is 91.5 Å². The van der Waals surface area contributed by atoms with Gasteiger partial charge in [-0.2, -0.15) is 0 Å². The molecular weight excluding hydrogens is 580 g/mol. The minimum Gasteiger partial charge on any atom is -0.481 e. The molecular formula is C32H50N6O7. The zero-order chi connectivity index (χ0) is 33.5. The zero-order valence-electron chi connectivity index (χ0n) is 27.1. The van der Waals surface area contributed by atoms with E-state index < -0.39 is 35.9 Å². The topological polar surface area (TPSA) is 186 Å². The van der Waals surface area contributed by atoms with E-state index in [1.807, 2.05) is 44.7 Å². The van der Waals surface area contributed by atoms with Gasteiger partial charge in [0.15, 0.2) is 0 Å². The number of carboxylic acid groups (broad SMARTS) is 1. The number of hydrogen-bond donors (Lipinski definition) is 6. The largest absolute Gasteiger partial charge is 0.481 e. The van der Waals surface area contributed by atoms with Gasteiger partial charge in [-0.25, -0.2) is 0 Å². The molecule has 0 saturated carbocycles. The molecule has 1 aliphatic rings. The second-order valence-corrected chi connectivity index (χ2v) is 11.8. The SMILES string of the molecule is CCC[C@H](NC(=O)CCCC(=O)O)C(=O)N[C@@H](CCC)C(=O)N[C@H]1CC(C)N([C@@H](C)C(=O)NCc2ccc(NC(C)=O)cc2)C1. The zero-order valence-corrected chi connectivity index (χ0v) is 27.1.